The lowest BCUT2D eigenvalue weighted by atomic mass is 9.98. The molecule has 3 nitrogen and oxygen atoms in total. The number of aryl methyl sites for hydroxylation is 1. The highest BCUT2D eigenvalue weighted by atomic mass is 14.9. The average Bonchev–Trinajstić information content (AvgIpc) is 2.90. The molecule has 0 spiro atoms. The van der Waals surface area contributed by atoms with Gasteiger partial charge in [-0.3, -0.25) is 4.98 Å². The molecule has 2 aliphatic rings. The van der Waals surface area contributed by atoms with E-state index in [1.54, 1.807) is 0 Å². The molecule has 3 rings (SSSR count). The van der Waals surface area contributed by atoms with Gasteiger partial charge in [0.15, 0.2) is 0 Å². The van der Waals surface area contributed by atoms with E-state index in [1.807, 2.05) is 19.2 Å². The smallest absolute Gasteiger partial charge is 0.101 e. The van der Waals surface area contributed by atoms with Gasteiger partial charge in [0.25, 0.3) is 0 Å². The number of hydrogen-bond donors (Lipinski definition) is 1. The van der Waals surface area contributed by atoms with Crippen molar-refractivity contribution in [2.75, 3.05) is 13.1 Å². The summed E-state index contributed by atoms with van der Waals surface area (Å²) in [7, 11) is 0. The molecular formula is C14H15N3. The molecule has 1 fully saturated rings. The number of nitrogens with one attached hydrogen (secondary N) is 1. The van der Waals surface area contributed by atoms with Crippen molar-refractivity contribution >= 4 is 5.57 Å². The summed E-state index contributed by atoms with van der Waals surface area (Å²) in [6.07, 6.45) is 5.38. The zero-order valence-electron chi connectivity index (χ0n) is 9.90. The number of aromatic nitrogens is 1. The van der Waals surface area contributed by atoms with Crippen LogP contribution in [-0.2, 0) is 0 Å². The molecule has 2 heterocycles. The number of nitriles is 1. The lowest BCUT2D eigenvalue weighted by Gasteiger charge is -2.07. The van der Waals surface area contributed by atoms with Gasteiger partial charge in [-0.2, -0.15) is 5.26 Å². The van der Waals surface area contributed by atoms with Crippen LogP contribution in [0.25, 0.3) is 5.57 Å². The van der Waals surface area contributed by atoms with Crippen LogP contribution >= 0.6 is 0 Å². The summed E-state index contributed by atoms with van der Waals surface area (Å²) in [5.74, 6) is 1.42. The molecule has 2 atom stereocenters. The zero-order valence-corrected chi connectivity index (χ0v) is 9.90. The van der Waals surface area contributed by atoms with E-state index in [9.17, 15) is 0 Å². The Balaban J connectivity index is 1.93. The third-order valence-electron chi connectivity index (χ3n) is 3.87. The number of fused-ring (bicyclic) bond motifs is 1. The molecule has 0 amide bonds. The van der Waals surface area contributed by atoms with Crippen LogP contribution in [0.2, 0.25) is 0 Å². The minimum atomic E-state index is 0.678. The molecule has 0 aromatic carbocycles. The standard InChI is InChI=1S/C14H15N3/c1-9-11(5-15)4-14(8-17-9)10-2-12-6-16-7-13(12)3-10/h2,4,8,12-13,16H,3,6-7H2,1H3. The summed E-state index contributed by atoms with van der Waals surface area (Å²) >= 11 is 0. The third-order valence-corrected chi connectivity index (χ3v) is 3.87. The number of allylic oxidation sites excluding steroid dienone is 1. The molecule has 17 heavy (non-hydrogen) atoms. The molecule has 86 valence electrons. The van der Waals surface area contributed by atoms with Crippen molar-refractivity contribution in [1.29, 1.82) is 5.26 Å². The van der Waals surface area contributed by atoms with Crippen molar-refractivity contribution in [3.05, 3.63) is 35.2 Å². The second kappa shape index (κ2) is 3.97. The topological polar surface area (TPSA) is 48.7 Å². The first-order chi connectivity index (χ1) is 8.28. The molecule has 2 unspecified atom stereocenters. The second-order valence-electron chi connectivity index (χ2n) is 4.95. The van der Waals surface area contributed by atoms with Crippen molar-refractivity contribution < 1.29 is 0 Å². The molecular weight excluding hydrogens is 210 g/mol. The Kier molecular flexibility index (Phi) is 2.45. The Morgan fingerprint density at radius 3 is 3.12 bits per heavy atom. The summed E-state index contributed by atoms with van der Waals surface area (Å²) in [6.45, 7) is 4.09. The zero-order chi connectivity index (χ0) is 11.8. The summed E-state index contributed by atoms with van der Waals surface area (Å²) in [6, 6.07) is 4.18. The second-order valence-corrected chi connectivity index (χ2v) is 4.95. The Labute approximate surface area is 101 Å². The highest BCUT2D eigenvalue weighted by Crippen LogP contribution is 2.38. The first-order valence-corrected chi connectivity index (χ1v) is 6.06. The van der Waals surface area contributed by atoms with Crippen molar-refractivity contribution in [2.45, 2.75) is 13.3 Å². The molecule has 1 N–H and O–H groups in total. The van der Waals surface area contributed by atoms with Crippen molar-refractivity contribution in [1.82, 2.24) is 10.3 Å². The van der Waals surface area contributed by atoms with Crippen LogP contribution in [0.4, 0.5) is 0 Å². The molecule has 0 bridgehead atoms. The molecule has 1 aromatic heterocycles. The highest BCUT2D eigenvalue weighted by molar-refractivity contribution is 5.69. The lowest BCUT2D eigenvalue weighted by molar-refractivity contribution is 0.536. The summed E-state index contributed by atoms with van der Waals surface area (Å²) in [4.78, 5) is 4.31. The molecule has 0 saturated carbocycles. The van der Waals surface area contributed by atoms with E-state index in [1.165, 1.54) is 5.57 Å². The van der Waals surface area contributed by atoms with Gasteiger partial charge in [0.1, 0.15) is 6.07 Å². The lowest BCUT2D eigenvalue weighted by Crippen LogP contribution is -2.09. The van der Waals surface area contributed by atoms with Crippen molar-refractivity contribution in [3.63, 3.8) is 0 Å². The fourth-order valence-electron chi connectivity index (χ4n) is 2.82. The number of hydrogen-bond acceptors (Lipinski definition) is 3. The van der Waals surface area contributed by atoms with E-state index in [0.717, 1.165) is 36.7 Å². The number of nitrogens with zero attached hydrogens (tertiary/aromatic N) is 2. The fraction of sp³-hybridized carbons (Fsp3) is 0.429. The quantitative estimate of drug-likeness (QED) is 0.794. The van der Waals surface area contributed by atoms with Gasteiger partial charge in [-0.15, -0.1) is 0 Å². The van der Waals surface area contributed by atoms with Crippen LogP contribution in [-0.4, -0.2) is 18.1 Å². The van der Waals surface area contributed by atoms with Crippen molar-refractivity contribution in [2.24, 2.45) is 11.8 Å². The van der Waals surface area contributed by atoms with Crippen LogP contribution in [0.5, 0.6) is 0 Å². The van der Waals surface area contributed by atoms with Gasteiger partial charge in [0, 0.05) is 12.7 Å². The van der Waals surface area contributed by atoms with Gasteiger partial charge in [-0.1, -0.05) is 6.08 Å². The van der Waals surface area contributed by atoms with E-state index in [4.69, 9.17) is 5.26 Å². The minimum absolute atomic E-state index is 0.678. The maximum Gasteiger partial charge on any atom is 0.101 e. The van der Waals surface area contributed by atoms with Gasteiger partial charge < -0.3 is 5.32 Å². The molecule has 1 saturated heterocycles. The summed E-state index contributed by atoms with van der Waals surface area (Å²) in [5, 5.41) is 12.4. The van der Waals surface area contributed by atoms with E-state index in [0.29, 0.717) is 11.5 Å². The van der Waals surface area contributed by atoms with Crippen molar-refractivity contribution in [3.8, 4) is 6.07 Å². The monoisotopic (exact) mass is 225 g/mol. The Hall–Kier alpha value is -1.66. The highest BCUT2D eigenvalue weighted by Gasteiger charge is 2.31. The SMILES string of the molecule is Cc1ncc(C2=CC3CNCC3C2)cc1C#N. The molecule has 1 aromatic rings. The molecule has 1 aliphatic heterocycles. The van der Waals surface area contributed by atoms with Crippen LogP contribution < -0.4 is 5.32 Å². The van der Waals surface area contributed by atoms with E-state index >= 15 is 0 Å². The van der Waals surface area contributed by atoms with Gasteiger partial charge in [-0.05, 0) is 48.9 Å². The van der Waals surface area contributed by atoms with Gasteiger partial charge in [-0.25, -0.2) is 0 Å². The number of rotatable bonds is 1. The predicted octanol–water partition coefficient (Wildman–Crippen LogP) is 1.88. The van der Waals surface area contributed by atoms with E-state index in [2.05, 4.69) is 22.4 Å². The van der Waals surface area contributed by atoms with Crippen LogP contribution in [0.15, 0.2) is 18.3 Å². The molecule has 0 radical (unpaired) electrons. The van der Waals surface area contributed by atoms with Crippen LogP contribution in [0.1, 0.15) is 23.2 Å². The Morgan fingerprint density at radius 2 is 2.35 bits per heavy atom. The Bertz CT molecular complexity index is 525. The molecule has 1 aliphatic carbocycles. The molecule has 3 heteroatoms. The first-order valence-electron chi connectivity index (χ1n) is 6.06. The fourth-order valence-corrected chi connectivity index (χ4v) is 2.82. The van der Waals surface area contributed by atoms with Gasteiger partial charge >= 0.3 is 0 Å². The third kappa shape index (κ3) is 1.75. The summed E-state index contributed by atoms with van der Waals surface area (Å²) in [5.41, 5.74) is 4.00. The minimum Gasteiger partial charge on any atom is -0.316 e. The predicted molar refractivity (Wildman–Crippen MR) is 66.1 cm³/mol. The average molecular weight is 225 g/mol. The maximum atomic E-state index is 9.03. The Morgan fingerprint density at radius 1 is 1.47 bits per heavy atom. The van der Waals surface area contributed by atoms with Crippen LogP contribution in [0, 0.1) is 30.1 Å². The maximum absolute atomic E-state index is 9.03. The first kappa shape index (κ1) is 10.5. The van der Waals surface area contributed by atoms with Gasteiger partial charge in [0.05, 0.1) is 11.3 Å². The van der Waals surface area contributed by atoms with E-state index in [-0.39, 0.29) is 0 Å². The van der Waals surface area contributed by atoms with E-state index < -0.39 is 0 Å². The normalized spacial score (nSPS) is 26.5. The largest absolute Gasteiger partial charge is 0.316 e. The number of pyridine rings is 1. The van der Waals surface area contributed by atoms with Gasteiger partial charge in [0.2, 0.25) is 0 Å². The van der Waals surface area contributed by atoms with Crippen LogP contribution in [0.3, 0.4) is 0 Å². The summed E-state index contributed by atoms with van der Waals surface area (Å²) < 4.78 is 0.